The van der Waals surface area contributed by atoms with Crippen molar-refractivity contribution in [3.63, 3.8) is 0 Å². The van der Waals surface area contributed by atoms with Crippen LogP contribution in [0.25, 0.3) is 22.3 Å². The number of hydrogen-bond acceptors (Lipinski definition) is 5. The number of hydrogen-bond donors (Lipinski definition) is 1. The first-order valence-electron chi connectivity index (χ1n) is 10.4. The first kappa shape index (κ1) is 21.3. The van der Waals surface area contributed by atoms with Gasteiger partial charge in [-0.05, 0) is 43.4 Å². The summed E-state index contributed by atoms with van der Waals surface area (Å²) in [5, 5.41) is 5.27. The number of carbonyl (C=O) groups excluding carboxylic acids is 2. The van der Waals surface area contributed by atoms with Gasteiger partial charge in [-0.3, -0.25) is 4.79 Å². The quantitative estimate of drug-likeness (QED) is 0.500. The maximum absolute atomic E-state index is 12.9. The van der Waals surface area contributed by atoms with E-state index in [-0.39, 0.29) is 12.0 Å². The fourth-order valence-corrected chi connectivity index (χ4v) is 4.55. The number of carbonyl (C=O) groups is 2. The summed E-state index contributed by atoms with van der Waals surface area (Å²) in [7, 11) is 0. The van der Waals surface area contributed by atoms with Gasteiger partial charge in [0.25, 0.3) is 5.91 Å². The van der Waals surface area contributed by atoms with E-state index in [1.165, 1.54) is 11.3 Å². The molecule has 1 atom stereocenters. The normalized spacial score (nSPS) is 15.8. The lowest BCUT2D eigenvalue weighted by Crippen LogP contribution is -2.27. The van der Waals surface area contributed by atoms with E-state index in [0.29, 0.717) is 23.6 Å². The van der Waals surface area contributed by atoms with Crippen LogP contribution in [0.3, 0.4) is 0 Å². The van der Waals surface area contributed by atoms with Crippen LogP contribution in [-0.2, 0) is 14.3 Å². The summed E-state index contributed by atoms with van der Waals surface area (Å²) in [4.78, 5) is 25.5. The summed E-state index contributed by atoms with van der Waals surface area (Å²) in [5.41, 5.74) is 4.25. The van der Waals surface area contributed by atoms with Crippen LogP contribution in [0.5, 0.6) is 0 Å². The number of thiophene rings is 1. The second-order valence-corrected chi connectivity index (χ2v) is 8.62. The van der Waals surface area contributed by atoms with E-state index in [9.17, 15) is 9.59 Å². The number of anilines is 1. The Hall–Kier alpha value is -2.96. The first-order chi connectivity index (χ1) is 15.0. The summed E-state index contributed by atoms with van der Waals surface area (Å²) >= 11 is 1.33. The largest absolute Gasteiger partial charge is 0.459 e. The Labute approximate surface area is 186 Å². The Morgan fingerprint density at radius 2 is 1.71 bits per heavy atom. The van der Waals surface area contributed by atoms with Crippen molar-refractivity contribution in [3.05, 3.63) is 65.5 Å². The topological polar surface area (TPSA) is 64.6 Å². The van der Waals surface area contributed by atoms with Crippen molar-refractivity contribution in [2.75, 3.05) is 11.9 Å². The highest BCUT2D eigenvalue weighted by atomic mass is 32.1. The molecule has 4 rings (SSSR count). The second kappa shape index (κ2) is 9.45. The minimum Gasteiger partial charge on any atom is -0.459 e. The lowest BCUT2D eigenvalue weighted by molar-refractivity contribution is -0.124. The number of nitrogens with one attached hydrogen (secondary N) is 1. The molecule has 5 nitrogen and oxygen atoms in total. The Morgan fingerprint density at radius 3 is 2.35 bits per heavy atom. The van der Waals surface area contributed by atoms with Crippen molar-refractivity contribution >= 4 is 28.2 Å². The Bertz CT molecular complexity index is 1050. The van der Waals surface area contributed by atoms with Gasteiger partial charge in [0, 0.05) is 17.6 Å². The molecule has 1 fully saturated rings. The van der Waals surface area contributed by atoms with E-state index in [4.69, 9.17) is 9.47 Å². The van der Waals surface area contributed by atoms with Crippen LogP contribution in [0.2, 0.25) is 0 Å². The number of benzene rings is 2. The van der Waals surface area contributed by atoms with Crippen molar-refractivity contribution in [2.24, 2.45) is 0 Å². The van der Waals surface area contributed by atoms with Gasteiger partial charge in [-0.2, -0.15) is 0 Å². The van der Waals surface area contributed by atoms with Crippen molar-refractivity contribution < 1.29 is 19.1 Å². The SMILES string of the molecule is CC(C)OC(=O)c1c(-c2ccc(-c3ccccc3)cc2)csc1NC(=O)C1CCCO1. The molecule has 1 aliphatic rings. The molecule has 0 radical (unpaired) electrons. The van der Waals surface area contributed by atoms with Gasteiger partial charge in [0.1, 0.15) is 16.7 Å². The van der Waals surface area contributed by atoms with Crippen molar-refractivity contribution in [2.45, 2.75) is 38.9 Å². The Kier molecular flexibility index (Phi) is 6.49. The van der Waals surface area contributed by atoms with Gasteiger partial charge in [-0.1, -0.05) is 54.6 Å². The van der Waals surface area contributed by atoms with E-state index in [1.54, 1.807) is 0 Å². The van der Waals surface area contributed by atoms with Crippen molar-refractivity contribution in [1.82, 2.24) is 0 Å². The summed E-state index contributed by atoms with van der Waals surface area (Å²) in [6.45, 7) is 4.20. The molecule has 0 aliphatic carbocycles. The van der Waals surface area contributed by atoms with Gasteiger partial charge in [-0.25, -0.2) is 4.79 Å². The van der Waals surface area contributed by atoms with Gasteiger partial charge >= 0.3 is 5.97 Å². The van der Waals surface area contributed by atoms with Crippen LogP contribution in [0.4, 0.5) is 5.00 Å². The van der Waals surface area contributed by atoms with Gasteiger partial charge in [-0.15, -0.1) is 11.3 Å². The molecule has 1 saturated heterocycles. The maximum Gasteiger partial charge on any atom is 0.342 e. The Balaban J connectivity index is 1.65. The second-order valence-electron chi connectivity index (χ2n) is 7.74. The minimum absolute atomic E-state index is 0.219. The van der Waals surface area contributed by atoms with Crippen molar-refractivity contribution in [1.29, 1.82) is 0 Å². The summed E-state index contributed by atoms with van der Waals surface area (Å²) < 4.78 is 11.0. The van der Waals surface area contributed by atoms with Gasteiger partial charge in [0.15, 0.2) is 0 Å². The van der Waals surface area contributed by atoms with E-state index in [2.05, 4.69) is 17.4 Å². The van der Waals surface area contributed by atoms with Crippen LogP contribution in [0.1, 0.15) is 37.0 Å². The highest BCUT2D eigenvalue weighted by molar-refractivity contribution is 7.15. The molecule has 2 aromatic carbocycles. The van der Waals surface area contributed by atoms with Gasteiger partial charge < -0.3 is 14.8 Å². The molecule has 0 saturated carbocycles. The first-order valence-corrected chi connectivity index (χ1v) is 11.3. The number of rotatable bonds is 6. The average molecular weight is 436 g/mol. The van der Waals surface area contributed by atoms with Gasteiger partial charge in [0.2, 0.25) is 0 Å². The highest BCUT2D eigenvalue weighted by Gasteiger charge is 2.28. The molecule has 1 aliphatic heterocycles. The zero-order valence-corrected chi connectivity index (χ0v) is 18.4. The van der Waals surface area contributed by atoms with Crippen LogP contribution in [0, 0.1) is 0 Å². The number of amides is 1. The third kappa shape index (κ3) is 4.86. The maximum atomic E-state index is 12.9. The van der Waals surface area contributed by atoms with Gasteiger partial charge in [0.05, 0.1) is 6.10 Å². The van der Waals surface area contributed by atoms with Crippen LogP contribution >= 0.6 is 11.3 Å². The molecular formula is C25H25NO4S. The monoisotopic (exact) mass is 435 g/mol. The zero-order valence-electron chi connectivity index (χ0n) is 17.6. The zero-order chi connectivity index (χ0) is 21.8. The molecule has 2 heterocycles. The molecule has 160 valence electrons. The molecular weight excluding hydrogens is 410 g/mol. The summed E-state index contributed by atoms with van der Waals surface area (Å²) in [6, 6.07) is 18.2. The third-order valence-electron chi connectivity index (χ3n) is 5.10. The lowest BCUT2D eigenvalue weighted by atomic mass is 9.99. The Morgan fingerprint density at radius 1 is 1.03 bits per heavy atom. The smallest absolute Gasteiger partial charge is 0.342 e. The molecule has 6 heteroatoms. The predicted octanol–water partition coefficient (Wildman–Crippen LogP) is 5.76. The fraction of sp³-hybridized carbons (Fsp3) is 0.280. The molecule has 0 spiro atoms. The highest BCUT2D eigenvalue weighted by Crippen LogP contribution is 2.37. The minimum atomic E-state index is -0.468. The van der Waals surface area contributed by atoms with Crippen LogP contribution in [0.15, 0.2) is 60.0 Å². The van der Waals surface area contributed by atoms with E-state index in [1.807, 2.05) is 61.7 Å². The molecule has 1 N–H and O–H groups in total. The standard InChI is InChI=1S/C25H25NO4S/c1-16(2)30-25(28)22-20(15-31-24(22)26-23(27)21-9-6-14-29-21)19-12-10-18(11-13-19)17-7-4-3-5-8-17/h3-5,7-8,10-13,15-16,21H,6,9,14H2,1-2H3,(H,26,27). The number of ether oxygens (including phenoxy) is 2. The summed E-state index contributed by atoms with van der Waals surface area (Å²) in [5.74, 6) is -0.662. The third-order valence-corrected chi connectivity index (χ3v) is 6.00. The molecule has 1 amide bonds. The molecule has 1 unspecified atom stereocenters. The van der Waals surface area contributed by atoms with Crippen LogP contribution in [-0.4, -0.2) is 30.7 Å². The predicted molar refractivity (Wildman–Crippen MR) is 123 cm³/mol. The van der Waals surface area contributed by atoms with E-state index in [0.717, 1.165) is 28.7 Å². The van der Waals surface area contributed by atoms with E-state index >= 15 is 0 Å². The van der Waals surface area contributed by atoms with Crippen LogP contribution < -0.4 is 5.32 Å². The average Bonchev–Trinajstić information content (AvgIpc) is 3.44. The van der Waals surface area contributed by atoms with E-state index < -0.39 is 12.1 Å². The summed E-state index contributed by atoms with van der Waals surface area (Å²) in [6.07, 6.45) is 0.827. The number of esters is 1. The fourth-order valence-electron chi connectivity index (χ4n) is 3.59. The molecule has 1 aromatic heterocycles. The van der Waals surface area contributed by atoms with Crippen molar-refractivity contribution in [3.8, 4) is 22.3 Å². The molecule has 3 aromatic rings. The molecule has 0 bridgehead atoms. The lowest BCUT2D eigenvalue weighted by Gasteiger charge is -2.13. The molecule has 31 heavy (non-hydrogen) atoms.